The molecule has 1 unspecified atom stereocenters. The standard InChI is InChI=1S/C25H23F2N7O2/c1-12(24-33-18-7-4-14(26)10-16(18)25(35)34(24)15-5-6-15)32-23-20(22(29)30-11-31-23)21(28)13-3-8-19(36-2)17(27)9-13/h3-4,7-12,15,28H,5-6H2,1-2H3,(H3,29,30,31,32). The number of hydrogen-bond acceptors (Lipinski definition) is 8. The maximum Gasteiger partial charge on any atom is 0.261 e. The quantitative estimate of drug-likeness (QED) is 0.333. The van der Waals surface area contributed by atoms with Crippen molar-refractivity contribution in [2.45, 2.75) is 31.8 Å². The molecular formula is C25H23F2N7O2. The largest absolute Gasteiger partial charge is 0.494 e. The van der Waals surface area contributed by atoms with Crippen LogP contribution in [0.4, 0.5) is 20.4 Å². The molecule has 1 aliphatic carbocycles. The van der Waals surface area contributed by atoms with E-state index in [1.165, 1.54) is 43.8 Å². The second-order valence-corrected chi connectivity index (χ2v) is 8.61. The van der Waals surface area contributed by atoms with Crippen LogP contribution in [0.2, 0.25) is 0 Å². The van der Waals surface area contributed by atoms with E-state index in [1.807, 2.05) is 0 Å². The third kappa shape index (κ3) is 4.12. The molecular weight excluding hydrogens is 468 g/mol. The van der Waals surface area contributed by atoms with Crippen molar-refractivity contribution in [1.82, 2.24) is 19.5 Å². The summed E-state index contributed by atoms with van der Waals surface area (Å²) in [5, 5.41) is 12.1. The van der Waals surface area contributed by atoms with Crippen molar-refractivity contribution >= 4 is 28.3 Å². The number of benzene rings is 2. The zero-order valence-electron chi connectivity index (χ0n) is 19.5. The van der Waals surface area contributed by atoms with Gasteiger partial charge in [-0.3, -0.25) is 14.8 Å². The van der Waals surface area contributed by atoms with Crippen LogP contribution in [0, 0.1) is 17.0 Å². The average Bonchev–Trinajstić information content (AvgIpc) is 3.69. The van der Waals surface area contributed by atoms with E-state index in [4.69, 9.17) is 15.9 Å². The molecule has 0 amide bonds. The summed E-state index contributed by atoms with van der Waals surface area (Å²) in [6, 6.07) is 7.51. The fourth-order valence-electron chi connectivity index (χ4n) is 4.17. The first-order valence-electron chi connectivity index (χ1n) is 11.3. The van der Waals surface area contributed by atoms with E-state index in [2.05, 4.69) is 20.3 Å². The third-order valence-electron chi connectivity index (χ3n) is 6.11. The van der Waals surface area contributed by atoms with Gasteiger partial charge < -0.3 is 15.8 Å². The number of aromatic nitrogens is 4. The topological polar surface area (TPSA) is 132 Å². The monoisotopic (exact) mass is 491 g/mol. The van der Waals surface area contributed by atoms with Gasteiger partial charge >= 0.3 is 0 Å². The summed E-state index contributed by atoms with van der Waals surface area (Å²) < 4.78 is 34.7. The first kappa shape index (κ1) is 23.3. The SMILES string of the molecule is COc1ccc(C(=N)c2c(N)ncnc2NC(C)c2nc3ccc(F)cc3c(=O)n2C2CC2)cc1F. The van der Waals surface area contributed by atoms with Crippen molar-refractivity contribution in [3.05, 3.63) is 81.7 Å². The van der Waals surface area contributed by atoms with E-state index in [9.17, 15) is 13.6 Å². The second kappa shape index (κ2) is 8.99. The minimum atomic E-state index is -0.622. The molecule has 5 rings (SSSR count). The van der Waals surface area contributed by atoms with Crippen molar-refractivity contribution in [3.8, 4) is 5.75 Å². The minimum absolute atomic E-state index is 0.0209. The number of nitrogens with one attached hydrogen (secondary N) is 2. The molecule has 9 nitrogen and oxygen atoms in total. The van der Waals surface area contributed by atoms with Gasteiger partial charge in [-0.25, -0.2) is 23.7 Å². The van der Waals surface area contributed by atoms with Crippen LogP contribution in [0.1, 0.15) is 48.8 Å². The van der Waals surface area contributed by atoms with E-state index in [-0.39, 0.29) is 51.2 Å². The molecule has 0 bridgehead atoms. The Morgan fingerprint density at radius 2 is 2.00 bits per heavy atom. The average molecular weight is 492 g/mol. The summed E-state index contributed by atoms with van der Waals surface area (Å²) in [6.07, 6.45) is 2.89. The molecule has 0 aliphatic heterocycles. The van der Waals surface area contributed by atoms with Gasteiger partial charge in [-0.05, 0) is 56.2 Å². The molecule has 0 radical (unpaired) electrons. The summed E-state index contributed by atoms with van der Waals surface area (Å²) in [6.45, 7) is 1.80. The summed E-state index contributed by atoms with van der Waals surface area (Å²) in [5.41, 5.74) is 6.52. The van der Waals surface area contributed by atoms with Crippen LogP contribution >= 0.6 is 0 Å². The Labute approximate surface area is 204 Å². The predicted octanol–water partition coefficient (Wildman–Crippen LogP) is 3.98. The smallest absolute Gasteiger partial charge is 0.261 e. The van der Waals surface area contributed by atoms with E-state index in [0.717, 1.165) is 12.8 Å². The summed E-state index contributed by atoms with van der Waals surface area (Å²) in [7, 11) is 1.36. The highest BCUT2D eigenvalue weighted by molar-refractivity contribution is 6.16. The number of nitrogens with zero attached hydrogens (tertiary/aromatic N) is 4. The minimum Gasteiger partial charge on any atom is -0.494 e. The number of methoxy groups -OCH3 is 1. The number of rotatable bonds is 7. The molecule has 4 N–H and O–H groups in total. The molecule has 1 saturated carbocycles. The first-order chi connectivity index (χ1) is 17.3. The Kier molecular flexibility index (Phi) is 5.83. The highest BCUT2D eigenvalue weighted by Crippen LogP contribution is 2.36. The third-order valence-corrected chi connectivity index (χ3v) is 6.11. The molecule has 1 aliphatic rings. The lowest BCUT2D eigenvalue weighted by Crippen LogP contribution is -2.28. The van der Waals surface area contributed by atoms with Gasteiger partial charge in [-0.15, -0.1) is 0 Å². The number of ether oxygens (including phenoxy) is 1. The number of nitrogen functional groups attached to an aromatic ring is 1. The lowest BCUT2D eigenvalue weighted by atomic mass is 10.0. The molecule has 2 heterocycles. The molecule has 2 aromatic carbocycles. The van der Waals surface area contributed by atoms with Crippen molar-refractivity contribution < 1.29 is 13.5 Å². The van der Waals surface area contributed by atoms with Crippen LogP contribution in [0.5, 0.6) is 5.75 Å². The highest BCUT2D eigenvalue weighted by Gasteiger charge is 2.31. The van der Waals surface area contributed by atoms with E-state index < -0.39 is 17.7 Å². The summed E-state index contributed by atoms with van der Waals surface area (Å²) in [4.78, 5) is 26.2. The predicted molar refractivity (Wildman–Crippen MR) is 132 cm³/mol. The normalized spacial score (nSPS) is 14.0. The van der Waals surface area contributed by atoms with Gasteiger partial charge in [0.05, 0.1) is 35.3 Å². The number of anilines is 2. The zero-order chi connectivity index (χ0) is 25.6. The highest BCUT2D eigenvalue weighted by atomic mass is 19.1. The van der Waals surface area contributed by atoms with Crippen LogP contribution < -0.4 is 21.3 Å². The molecule has 184 valence electrons. The lowest BCUT2D eigenvalue weighted by molar-refractivity contribution is 0.386. The van der Waals surface area contributed by atoms with Gasteiger partial charge in [0.15, 0.2) is 11.6 Å². The van der Waals surface area contributed by atoms with Crippen LogP contribution in [0.25, 0.3) is 10.9 Å². The van der Waals surface area contributed by atoms with E-state index >= 15 is 0 Å². The van der Waals surface area contributed by atoms with Crippen molar-refractivity contribution in [3.63, 3.8) is 0 Å². The Morgan fingerprint density at radius 3 is 2.69 bits per heavy atom. The van der Waals surface area contributed by atoms with Crippen LogP contribution in [-0.4, -0.2) is 32.3 Å². The lowest BCUT2D eigenvalue weighted by Gasteiger charge is -2.21. The van der Waals surface area contributed by atoms with E-state index in [0.29, 0.717) is 11.3 Å². The Balaban J connectivity index is 1.55. The Morgan fingerprint density at radius 1 is 1.22 bits per heavy atom. The van der Waals surface area contributed by atoms with Crippen molar-refractivity contribution in [2.75, 3.05) is 18.2 Å². The zero-order valence-corrected chi connectivity index (χ0v) is 19.5. The summed E-state index contributed by atoms with van der Waals surface area (Å²) >= 11 is 0. The number of nitrogens with two attached hydrogens (primary N) is 1. The fraction of sp³-hybridized carbons (Fsp3) is 0.240. The van der Waals surface area contributed by atoms with Gasteiger partial charge in [-0.1, -0.05) is 0 Å². The van der Waals surface area contributed by atoms with Crippen molar-refractivity contribution in [1.29, 1.82) is 5.41 Å². The van der Waals surface area contributed by atoms with Crippen LogP contribution in [0.15, 0.2) is 47.5 Å². The van der Waals surface area contributed by atoms with Gasteiger partial charge in [0, 0.05) is 11.6 Å². The maximum atomic E-state index is 14.3. The molecule has 4 aromatic rings. The fourth-order valence-corrected chi connectivity index (χ4v) is 4.17. The van der Waals surface area contributed by atoms with Gasteiger partial charge in [0.2, 0.25) is 0 Å². The molecule has 0 spiro atoms. The van der Waals surface area contributed by atoms with Crippen molar-refractivity contribution in [2.24, 2.45) is 0 Å². The van der Waals surface area contributed by atoms with E-state index in [1.54, 1.807) is 17.6 Å². The molecule has 2 aromatic heterocycles. The van der Waals surface area contributed by atoms with Crippen LogP contribution in [0.3, 0.4) is 0 Å². The number of fused-ring (bicyclic) bond motifs is 1. The molecule has 1 fully saturated rings. The molecule has 0 saturated heterocycles. The Hall–Kier alpha value is -4.41. The molecule has 1 atom stereocenters. The van der Waals surface area contributed by atoms with Crippen LogP contribution in [-0.2, 0) is 0 Å². The number of halogens is 2. The first-order valence-corrected chi connectivity index (χ1v) is 11.3. The number of hydrogen-bond donors (Lipinski definition) is 3. The molecule has 11 heteroatoms. The van der Waals surface area contributed by atoms with Gasteiger partial charge in [0.25, 0.3) is 5.56 Å². The Bertz CT molecular complexity index is 1570. The maximum absolute atomic E-state index is 14.3. The molecule has 36 heavy (non-hydrogen) atoms. The summed E-state index contributed by atoms with van der Waals surface area (Å²) in [5.74, 6) is -0.363. The van der Waals surface area contributed by atoms with Gasteiger partial charge in [-0.2, -0.15) is 0 Å². The second-order valence-electron chi connectivity index (χ2n) is 8.61. The van der Waals surface area contributed by atoms with Gasteiger partial charge in [0.1, 0.15) is 29.6 Å².